The van der Waals surface area contributed by atoms with Gasteiger partial charge in [0.05, 0.1) is 26.2 Å². The number of ether oxygens (including phenoxy) is 3. The zero-order valence-corrected chi connectivity index (χ0v) is 16.3. The van der Waals surface area contributed by atoms with Crippen LogP contribution in [-0.4, -0.2) is 75.4 Å². The molecule has 140 valence electrons. The minimum Gasteiger partial charge on any atom is -0.496 e. The van der Waals surface area contributed by atoms with E-state index >= 15 is 0 Å². The van der Waals surface area contributed by atoms with Gasteiger partial charge in [0.15, 0.2) is 16.7 Å². The monoisotopic (exact) mass is 377 g/mol. The summed E-state index contributed by atoms with van der Waals surface area (Å²) < 4.78 is 16.1. The van der Waals surface area contributed by atoms with Gasteiger partial charge in [-0.05, 0) is 31.0 Å². The van der Waals surface area contributed by atoms with Gasteiger partial charge in [0.2, 0.25) is 0 Å². The Morgan fingerprint density at radius 1 is 1.00 bits per heavy atom. The highest BCUT2D eigenvalue weighted by Crippen LogP contribution is 2.38. The molecule has 0 unspecified atom stereocenters. The number of hydrogen-bond acceptors (Lipinski definition) is 7. The van der Waals surface area contributed by atoms with Crippen molar-refractivity contribution in [1.82, 2.24) is 9.80 Å². The van der Waals surface area contributed by atoms with Crippen LogP contribution in [0.15, 0.2) is 22.0 Å². The lowest BCUT2D eigenvalue weighted by atomic mass is 10.1. The molecule has 1 amide bonds. The number of nitrogens with zero attached hydrogens (tertiary/aromatic N) is 3. The maximum Gasteiger partial charge on any atom is 0.286 e. The van der Waals surface area contributed by atoms with Gasteiger partial charge < -0.3 is 24.0 Å². The van der Waals surface area contributed by atoms with Crippen LogP contribution in [0.5, 0.6) is 17.2 Å². The van der Waals surface area contributed by atoms with E-state index in [4.69, 9.17) is 14.2 Å². The van der Waals surface area contributed by atoms with Gasteiger partial charge >= 0.3 is 0 Å². The highest BCUT2D eigenvalue weighted by molar-refractivity contribution is 8.18. The second-order valence-electron chi connectivity index (χ2n) is 6.05. The molecule has 2 aliphatic heterocycles. The van der Waals surface area contributed by atoms with Crippen molar-refractivity contribution in [3.05, 3.63) is 22.6 Å². The normalized spacial score (nSPS) is 19.7. The summed E-state index contributed by atoms with van der Waals surface area (Å²) in [7, 11) is 6.83. The summed E-state index contributed by atoms with van der Waals surface area (Å²) >= 11 is 1.41. The molecule has 0 spiro atoms. The average Bonchev–Trinajstić information content (AvgIpc) is 3.02. The first kappa shape index (κ1) is 18.6. The highest BCUT2D eigenvalue weighted by atomic mass is 32.2. The molecule has 0 saturated carbocycles. The SMILES string of the molecule is COc1cc(OC)c(OC)cc1/C=C1/SC(N2CCN(C)CC2)=NC1=O. The molecular formula is C18H23N3O4S. The molecule has 7 nitrogen and oxygen atoms in total. The minimum atomic E-state index is -0.222. The number of piperazine rings is 1. The van der Waals surface area contributed by atoms with Crippen molar-refractivity contribution in [3.63, 3.8) is 0 Å². The molecule has 1 fully saturated rings. The molecule has 1 saturated heterocycles. The fourth-order valence-corrected chi connectivity index (χ4v) is 3.79. The van der Waals surface area contributed by atoms with Crippen molar-refractivity contribution in [3.8, 4) is 17.2 Å². The standard InChI is InChI=1S/C18H23N3O4S/c1-20-5-7-21(8-6-20)18-19-17(22)16(26-18)10-12-9-14(24-3)15(25-4)11-13(12)23-2/h9-11H,5-8H2,1-4H3/b16-10+. The van der Waals surface area contributed by atoms with Crippen LogP contribution < -0.4 is 14.2 Å². The first-order valence-corrected chi connectivity index (χ1v) is 9.13. The molecule has 2 heterocycles. The third-order valence-electron chi connectivity index (χ3n) is 4.41. The lowest BCUT2D eigenvalue weighted by molar-refractivity contribution is -0.113. The predicted molar refractivity (Wildman–Crippen MR) is 103 cm³/mol. The van der Waals surface area contributed by atoms with Gasteiger partial charge in [-0.3, -0.25) is 4.79 Å². The number of thioether (sulfide) groups is 1. The van der Waals surface area contributed by atoms with Crippen LogP contribution in [0.1, 0.15) is 5.56 Å². The number of amidine groups is 1. The number of carbonyl (C=O) groups excluding carboxylic acids is 1. The number of methoxy groups -OCH3 is 3. The van der Waals surface area contributed by atoms with Gasteiger partial charge in [-0.25, -0.2) is 0 Å². The second-order valence-corrected chi connectivity index (χ2v) is 7.06. The van der Waals surface area contributed by atoms with Crippen LogP contribution in [0.2, 0.25) is 0 Å². The summed E-state index contributed by atoms with van der Waals surface area (Å²) in [6.45, 7) is 3.69. The molecule has 8 heteroatoms. The number of amides is 1. The molecule has 2 aliphatic rings. The molecule has 3 rings (SSSR count). The number of rotatable bonds is 4. The quantitative estimate of drug-likeness (QED) is 0.743. The Kier molecular flexibility index (Phi) is 5.73. The van der Waals surface area contributed by atoms with Crippen LogP contribution in [0.3, 0.4) is 0 Å². The van der Waals surface area contributed by atoms with E-state index in [2.05, 4.69) is 21.8 Å². The fraction of sp³-hybridized carbons (Fsp3) is 0.444. The third kappa shape index (κ3) is 3.81. The highest BCUT2D eigenvalue weighted by Gasteiger charge is 2.28. The molecule has 0 aliphatic carbocycles. The summed E-state index contributed by atoms with van der Waals surface area (Å²) in [6.07, 6.45) is 1.79. The Balaban J connectivity index is 1.84. The zero-order valence-electron chi connectivity index (χ0n) is 15.4. The van der Waals surface area contributed by atoms with Gasteiger partial charge in [0.25, 0.3) is 5.91 Å². The predicted octanol–water partition coefficient (Wildman–Crippen LogP) is 1.93. The summed E-state index contributed by atoms with van der Waals surface area (Å²) in [6, 6.07) is 3.55. The smallest absolute Gasteiger partial charge is 0.286 e. The van der Waals surface area contributed by atoms with Gasteiger partial charge in [-0.15, -0.1) is 0 Å². The maximum atomic E-state index is 12.4. The average molecular weight is 377 g/mol. The van der Waals surface area contributed by atoms with Gasteiger partial charge in [-0.2, -0.15) is 4.99 Å². The van der Waals surface area contributed by atoms with Gasteiger partial charge in [0, 0.05) is 37.8 Å². The molecule has 0 aromatic heterocycles. The Labute approximate surface area is 157 Å². The largest absolute Gasteiger partial charge is 0.496 e. The number of carbonyl (C=O) groups is 1. The Bertz CT molecular complexity index is 755. The Hall–Kier alpha value is -2.19. The van der Waals surface area contributed by atoms with Gasteiger partial charge in [-0.1, -0.05) is 0 Å². The van der Waals surface area contributed by atoms with Crippen molar-refractivity contribution in [1.29, 1.82) is 0 Å². The number of aliphatic imine (C=N–C) groups is 1. The van der Waals surface area contributed by atoms with Crippen molar-refractivity contribution in [2.45, 2.75) is 0 Å². The molecular weight excluding hydrogens is 354 g/mol. The van der Waals surface area contributed by atoms with E-state index in [9.17, 15) is 4.79 Å². The minimum absolute atomic E-state index is 0.222. The van der Waals surface area contributed by atoms with E-state index in [0.29, 0.717) is 22.2 Å². The molecule has 1 aromatic rings. The number of hydrogen-bond donors (Lipinski definition) is 0. The van der Waals surface area contributed by atoms with Crippen LogP contribution in [0, 0.1) is 0 Å². The summed E-state index contributed by atoms with van der Waals surface area (Å²) in [5, 5.41) is 0.772. The van der Waals surface area contributed by atoms with Crippen molar-refractivity contribution >= 4 is 28.9 Å². The Morgan fingerprint density at radius 3 is 2.23 bits per heavy atom. The molecule has 0 bridgehead atoms. The van der Waals surface area contributed by atoms with Crippen molar-refractivity contribution < 1.29 is 19.0 Å². The first-order valence-electron chi connectivity index (χ1n) is 8.31. The van der Waals surface area contributed by atoms with Crippen LogP contribution in [0.4, 0.5) is 0 Å². The summed E-state index contributed by atoms with van der Waals surface area (Å²) in [5.41, 5.74) is 0.746. The first-order chi connectivity index (χ1) is 12.5. The van der Waals surface area contributed by atoms with E-state index in [1.165, 1.54) is 11.8 Å². The summed E-state index contributed by atoms with van der Waals surface area (Å²) in [5.74, 6) is 1.54. The lowest BCUT2D eigenvalue weighted by Crippen LogP contribution is -2.46. The van der Waals surface area contributed by atoms with E-state index < -0.39 is 0 Å². The van der Waals surface area contributed by atoms with Crippen LogP contribution in [0.25, 0.3) is 6.08 Å². The van der Waals surface area contributed by atoms with E-state index in [1.54, 1.807) is 39.5 Å². The second kappa shape index (κ2) is 8.01. The number of benzene rings is 1. The fourth-order valence-electron chi connectivity index (χ4n) is 2.84. The molecule has 1 aromatic carbocycles. The molecule has 26 heavy (non-hydrogen) atoms. The van der Waals surface area contributed by atoms with Crippen molar-refractivity contribution in [2.24, 2.45) is 4.99 Å². The third-order valence-corrected chi connectivity index (χ3v) is 5.45. The van der Waals surface area contributed by atoms with Crippen LogP contribution >= 0.6 is 11.8 Å². The lowest BCUT2D eigenvalue weighted by Gasteiger charge is -2.32. The van der Waals surface area contributed by atoms with Crippen molar-refractivity contribution in [2.75, 3.05) is 54.6 Å². The number of likely N-dealkylation sites (N-methyl/N-ethyl adjacent to an activating group) is 1. The Morgan fingerprint density at radius 2 is 1.62 bits per heavy atom. The summed E-state index contributed by atoms with van der Waals surface area (Å²) in [4.78, 5) is 21.6. The van der Waals surface area contributed by atoms with E-state index in [-0.39, 0.29) is 5.91 Å². The molecule has 0 N–H and O–H groups in total. The zero-order chi connectivity index (χ0) is 18.7. The topological polar surface area (TPSA) is 63.6 Å². The van der Waals surface area contributed by atoms with E-state index in [1.807, 2.05) is 0 Å². The molecule has 0 radical (unpaired) electrons. The molecule has 0 atom stereocenters. The van der Waals surface area contributed by atoms with Crippen LogP contribution in [-0.2, 0) is 4.79 Å². The van der Waals surface area contributed by atoms with Gasteiger partial charge in [0.1, 0.15) is 5.75 Å². The maximum absolute atomic E-state index is 12.4. The van der Waals surface area contributed by atoms with E-state index in [0.717, 1.165) is 36.9 Å².